The summed E-state index contributed by atoms with van der Waals surface area (Å²) in [7, 11) is 1.56. The van der Waals surface area contributed by atoms with E-state index >= 15 is 0 Å². The van der Waals surface area contributed by atoms with Crippen LogP contribution in [0.3, 0.4) is 0 Å². The van der Waals surface area contributed by atoms with Gasteiger partial charge in [0.15, 0.2) is 11.5 Å². The number of rotatable bonds is 4. The average Bonchev–Trinajstić information content (AvgIpc) is 2.89. The predicted octanol–water partition coefficient (Wildman–Crippen LogP) is 2.12. The summed E-state index contributed by atoms with van der Waals surface area (Å²) in [6, 6.07) is 7.21. The van der Waals surface area contributed by atoms with Crippen molar-refractivity contribution in [2.75, 3.05) is 20.3 Å². The lowest BCUT2D eigenvalue weighted by Gasteiger charge is -2.13. The standard InChI is InChI=1S/C13H15NO3/c1-15-13-7-10(8-14)4-5-12(13)17-9-11-3-2-6-16-11/h4-5,7,11H,2-3,6,9H2,1H3/t11-/m1/s1. The molecule has 1 aliphatic rings. The van der Waals surface area contributed by atoms with Gasteiger partial charge in [0.1, 0.15) is 6.61 Å². The second kappa shape index (κ2) is 5.55. The molecule has 90 valence electrons. The molecular weight excluding hydrogens is 218 g/mol. The van der Waals surface area contributed by atoms with Crippen LogP contribution in [0.15, 0.2) is 18.2 Å². The number of ether oxygens (including phenoxy) is 3. The Morgan fingerprint density at radius 1 is 1.47 bits per heavy atom. The van der Waals surface area contributed by atoms with Crippen molar-refractivity contribution in [3.8, 4) is 17.6 Å². The maximum Gasteiger partial charge on any atom is 0.162 e. The first-order valence-corrected chi connectivity index (χ1v) is 5.66. The third kappa shape index (κ3) is 2.89. The van der Waals surface area contributed by atoms with Gasteiger partial charge < -0.3 is 14.2 Å². The predicted molar refractivity (Wildman–Crippen MR) is 62.2 cm³/mol. The van der Waals surface area contributed by atoms with Gasteiger partial charge in [-0.25, -0.2) is 0 Å². The molecule has 1 aliphatic heterocycles. The van der Waals surface area contributed by atoms with Crippen LogP contribution in [0.2, 0.25) is 0 Å². The smallest absolute Gasteiger partial charge is 0.162 e. The van der Waals surface area contributed by atoms with Gasteiger partial charge in [-0.2, -0.15) is 5.26 Å². The lowest BCUT2D eigenvalue weighted by Crippen LogP contribution is -2.16. The van der Waals surface area contributed by atoms with Crippen molar-refractivity contribution in [1.82, 2.24) is 0 Å². The maximum atomic E-state index is 8.78. The largest absolute Gasteiger partial charge is 0.493 e. The van der Waals surface area contributed by atoms with Gasteiger partial charge in [-0.05, 0) is 25.0 Å². The molecule has 0 spiro atoms. The van der Waals surface area contributed by atoms with Crippen molar-refractivity contribution >= 4 is 0 Å². The van der Waals surface area contributed by atoms with Crippen LogP contribution in [0.1, 0.15) is 18.4 Å². The molecule has 0 radical (unpaired) electrons. The minimum absolute atomic E-state index is 0.176. The van der Waals surface area contributed by atoms with E-state index in [0.29, 0.717) is 23.7 Å². The first-order valence-electron chi connectivity index (χ1n) is 5.66. The van der Waals surface area contributed by atoms with Gasteiger partial charge in [0, 0.05) is 12.7 Å². The maximum absolute atomic E-state index is 8.78. The van der Waals surface area contributed by atoms with Crippen LogP contribution in [0, 0.1) is 11.3 Å². The summed E-state index contributed by atoms with van der Waals surface area (Å²) < 4.78 is 16.3. The van der Waals surface area contributed by atoms with Crippen molar-refractivity contribution in [1.29, 1.82) is 5.26 Å². The van der Waals surface area contributed by atoms with Gasteiger partial charge in [0.25, 0.3) is 0 Å². The fourth-order valence-electron chi connectivity index (χ4n) is 1.81. The zero-order valence-electron chi connectivity index (χ0n) is 9.81. The molecule has 0 aliphatic carbocycles. The highest BCUT2D eigenvalue weighted by Gasteiger charge is 2.17. The van der Waals surface area contributed by atoms with Crippen molar-refractivity contribution < 1.29 is 14.2 Å². The minimum Gasteiger partial charge on any atom is -0.493 e. The van der Waals surface area contributed by atoms with Gasteiger partial charge in [-0.3, -0.25) is 0 Å². The van der Waals surface area contributed by atoms with E-state index in [4.69, 9.17) is 19.5 Å². The number of nitrogens with zero attached hydrogens (tertiary/aromatic N) is 1. The van der Waals surface area contributed by atoms with E-state index < -0.39 is 0 Å². The van der Waals surface area contributed by atoms with Crippen molar-refractivity contribution in [2.24, 2.45) is 0 Å². The zero-order chi connectivity index (χ0) is 12.1. The molecule has 1 fully saturated rings. The molecule has 0 aromatic heterocycles. The van der Waals surface area contributed by atoms with Crippen LogP contribution in [-0.2, 0) is 4.74 Å². The fourth-order valence-corrected chi connectivity index (χ4v) is 1.81. The van der Waals surface area contributed by atoms with E-state index in [0.717, 1.165) is 19.4 Å². The molecule has 1 aromatic carbocycles. The summed E-state index contributed by atoms with van der Waals surface area (Å²) in [5, 5.41) is 8.78. The van der Waals surface area contributed by atoms with Gasteiger partial charge in [-0.15, -0.1) is 0 Å². The van der Waals surface area contributed by atoms with E-state index in [1.165, 1.54) is 0 Å². The van der Waals surface area contributed by atoms with Crippen LogP contribution in [-0.4, -0.2) is 26.4 Å². The monoisotopic (exact) mass is 233 g/mol. The van der Waals surface area contributed by atoms with Crippen molar-refractivity contribution in [3.05, 3.63) is 23.8 Å². The first kappa shape index (κ1) is 11.7. The summed E-state index contributed by atoms with van der Waals surface area (Å²) in [4.78, 5) is 0. The van der Waals surface area contributed by atoms with E-state index in [9.17, 15) is 0 Å². The molecule has 1 aromatic rings. The molecule has 4 nitrogen and oxygen atoms in total. The fraction of sp³-hybridized carbons (Fsp3) is 0.462. The molecule has 2 rings (SSSR count). The van der Waals surface area contributed by atoms with Crippen molar-refractivity contribution in [3.63, 3.8) is 0 Å². The van der Waals surface area contributed by atoms with E-state index in [1.807, 2.05) is 0 Å². The normalized spacial score (nSPS) is 18.7. The lowest BCUT2D eigenvalue weighted by molar-refractivity contribution is 0.0670. The highest BCUT2D eigenvalue weighted by atomic mass is 16.5. The number of hydrogen-bond acceptors (Lipinski definition) is 4. The Labute approximate surface area is 101 Å². The van der Waals surface area contributed by atoms with Gasteiger partial charge >= 0.3 is 0 Å². The van der Waals surface area contributed by atoms with Crippen molar-refractivity contribution in [2.45, 2.75) is 18.9 Å². The molecule has 1 heterocycles. The number of nitriles is 1. The Hall–Kier alpha value is -1.73. The second-order valence-corrected chi connectivity index (χ2v) is 3.92. The Balaban J connectivity index is 2.01. The molecule has 0 bridgehead atoms. The minimum atomic E-state index is 0.176. The number of benzene rings is 1. The summed E-state index contributed by atoms with van der Waals surface area (Å²) >= 11 is 0. The molecule has 1 atom stereocenters. The van der Waals surface area contributed by atoms with E-state index in [2.05, 4.69) is 6.07 Å². The summed E-state index contributed by atoms with van der Waals surface area (Å²) in [6.45, 7) is 1.35. The highest BCUT2D eigenvalue weighted by Crippen LogP contribution is 2.28. The lowest BCUT2D eigenvalue weighted by atomic mass is 10.2. The van der Waals surface area contributed by atoms with E-state index in [1.54, 1.807) is 25.3 Å². The Bertz CT molecular complexity index is 419. The van der Waals surface area contributed by atoms with Gasteiger partial charge in [-0.1, -0.05) is 0 Å². The first-order chi connectivity index (χ1) is 8.33. The number of hydrogen-bond donors (Lipinski definition) is 0. The Morgan fingerprint density at radius 2 is 2.35 bits per heavy atom. The Kier molecular flexibility index (Phi) is 3.84. The molecule has 4 heteroatoms. The molecule has 0 N–H and O–H groups in total. The van der Waals surface area contributed by atoms with Crippen LogP contribution < -0.4 is 9.47 Å². The summed E-state index contributed by atoms with van der Waals surface area (Å²) in [6.07, 6.45) is 2.31. The van der Waals surface area contributed by atoms with E-state index in [-0.39, 0.29) is 6.10 Å². The van der Waals surface area contributed by atoms with Crippen LogP contribution in [0.4, 0.5) is 0 Å². The Morgan fingerprint density at radius 3 is 3.00 bits per heavy atom. The quantitative estimate of drug-likeness (QED) is 0.799. The third-order valence-electron chi connectivity index (χ3n) is 2.74. The third-order valence-corrected chi connectivity index (χ3v) is 2.74. The second-order valence-electron chi connectivity index (χ2n) is 3.92. The summed E-state index contributed by atoms with van der Waals surface area (Å²) in [5.74, 6) is 1.24. The number of methoxy groups -OCH3 is 1. The highest BCUT2D eigenvalue weighted by molar-refractivity contribution is 5.46. The topological polar surface area (TPSA) is 51.5 Å². The molecule has 0 amide bonds. The molecule has 1 saturated heterocycles. The molecule has 17 heavy (non-hydrogen) atoms. The van der Waals surface area contributed by atoms with Crippen LogP contribution >= 0.6 is 0 Å². The molecule has 0 unspecified atom stereocenters. The van der Waals surface area contributed by atoms with Crippen LogP contribution in [0.5, 0.6) is 11.5 Å². The van der Waals surface area contributed by atoms with Gasteiger partial charge in [0.05, 0.1) is 24.8 Å². The zero-order valence-corrected chi connectivity index (χ0v) is 9.81. The molecular formula is C13H15NO3. The van der Waals surface area contributed by atoms with Crippen LogP contribution in [0.25, 0.3) is 0 Å². The van der Waals surface area contributed by atoms with Gasteiger partial charge in [0.2, 0.25) is 0 Å². The summed E-state index contributed by atoms with van der Waals surface area (Å²) in [5.41, 5.74) is 0.561. The SMILES string of the molecule is COc1cc(C#N)ccc1OC[C@H]1CCCO1. The average molecular weight is 233 g/mol. The molecule has 0 saturated carbocycles.